The van der Waals surface area contributed by atoms with Gasteiger partial charge in [0.15, 0.2) is 0 Å². The molecule has 1 heterocycles. The van der Waals surface area contributed by atoms with Crippen LogP contribution in [0.5, 0.6) is 0 Å². The number of hydrogen-bond acceptors (Lipinski definition) is 3. The van der Waals surface area contributed by atoms with Gasteiger partial charge in [0, 0.05) is 13.1 Å². The average Bonchev–Trinajstić information content (AvgIpc) is 2.83. The molecular weight excluding hydrogens is 321 g/mol. The number of halogens is 1. The first kappa shape index (κ1) is 15.4. The monoisotopic (exact) mass is 335 g/mol. The molecule has 3 aromatic rings. The number of imidazole rings is 1. The summed E-state index contributed by atoms with van der Waals surface area (Å²) in [7, 11) is -3.62. The summed E-state index contributed by atoms with van der Waals surface area (Å²) in [5.41, 5.74) is 0.487. The predicted molar refractivity (Wildman–Crippen MR) is 84.1 cm³/mol. The molecule has 0 atom stereocenters. The van der Waals surface area contributed by atoms with Gasteiger partial charge in [-0.05, 0) is 30.3 Å². The lowest BCUT2D eigenvalue weighted by Crippen LogP contribution is -2.30. The van der Waals surface area contributed by atoms with Crippen molar-refractivity contribution in [2.45, 2.75) is 11.4 Å². The highest BCUT2D eigenvalue weighted by Crippen LogP contribution is 2.12. The Bertz CT molecular complexity index is 994. The van der Waals surface area contributed by atoms with E-state index in [1.807, 2.05) is 0 Å². The maximum absolute atomic E-state index is 13.2. The second-order valence-electron chi connectivity index (χ2n) is 4.95. The summed E-state index contributed by atoms with van der Waals surface area (Å²) in [4.78, 5) is 14.6. The summed E-state index contributed by atoms with van der Waals surface area (Å²) in [6.45, 7) is 0.179. The molecule has 0 saturated carbocycles. The lowest BCUT2D eigenvalue weighted by atomic mass is 10.3. The van der Waals surface area contributed by atoms with Crippen LogP contribution in [0.25, 0.3) is 11.0 Å². The summed E-state index contributed by atoms with van der Waals surface area (Å²) in [5.74, 6) is -0.448. The highest BCUT2D eigenvalue weighted by atomic mass is 32.2. The third-order valence-electron chi connectivity index (χ3n) is 3.42. The SMILES string of the molecule is O=c1[nH]c2cc(F)ccc2n1CCNS(=O)(=O)c1ccccc1. The van der Waals surface area contributed by atoms with Crippen molar-refractivity contribution in [3.63, 3.8) is 0 Å². The van der Waals surface area contributed by atoms with E-state index in [9.17, 15) is 17.6 Å². The molecule has 0 spiro atoms. The molecule has 0 radical (unpaired) electrons. The van der Waals surface area contributed by atoms with Crippen LogP contribution in [0.15, 0.2) is 58.2 Å². The molecule has 23 heavy (non-hydrogen) atoms. The van der Waals surface area contributed by atoms with Gasteiger partial charge >= 0.3 is 5.69 Å². The minimum absolute atomic E-state index is 0.0431. The van der Waals surface area contributed by atoms with Crippen LogP contribution in [0.1, 0.15) is 0 Å². The molecule has 120 valence electrons. The minimum Gasteiger partial charge on any atom is -0.305 e. The molecule has 0 aliphatic rings. The van der Waals surface area contributed by atoms with Crippen molar-refractivity contribution in [3.8, 4) is 0 Å². The third kappa shape index (κ3) is 3.17. The van der Waals surface area contributed by atoms with Crippen molar-refractivity contribution in [3.05, 3.63) is 64.8 Å². The van der Waals surface area contributed by atoms with E-state index in [0.717, 1.165) is 0 Å². The maximum Gasteiger partial charge on any atom is 0.326 e. The highest BCUT2D eigenvalue weighted by Gasteiger charge is 2.13. The van der Waals surface area contributed by atoms with Crippen LogP contribution in [0.4, 0.5) is 4.39 Å². The molecule has 0 aliphatic heterocycles. The van der Waals surface area contributed by atoms with Crippen molar-refractivity contribution in [2.75, 3.05) is 6.54 Å². The van der Waals surface area contributed by atoms with Crippen molar-refractivity contribution in [1.82, 2.24) is 14.3 Å². The Morgan fingerprint density at radius 3 is 2.61 bits per heavy atom. The quantitative estimate of drug-likeness (QED) is 0.740. The van der Waals surface area contributed by atoms with Crippen LogP contribution >= 0.6 is 0 Å². The van der Waals surface area contributed by atoms with Gasteiger partial charge in [0.05, 0.1) is 15.9 Å². The Kier molecular flexibility index (Phi) is 4.01. The molecule has 2 aromatic carbocycles. The van der Waals surface area contributed by atoms with Crippen LogP contribution in [-0.2, 0) is 16.6 Å². The Hall–Kier alpha value is -2.45. The van der Waals surface area contributed by atoms with E-state index < -0.39 is 21.5 Å². The largest absolute Gasteiger partial charge is 0.326 e. The topological polar surface area (TPSA) is 84.0 Å². The second-order valence-corrected chi connectivity index (χ2v) is 6.72. The van der Waals surface area contributed by atoms with Gasteiger partial charge in [-0.15, -0.1) is 0 Å². The first-order valence-electron chi connectivity index (χ1n) is 6.90. The van der Waals surface area contributed by atoms with Crippen molar-refractivity contribution in [2.24, 2.45) is 0 Å². The van der Waals surface area contributed by atoms with Gasteiger partial charge in [0.2, 0.25) is 10.0 Å². The van der Waals surface area contributed by atoms with Crippen LogP contribution in [0.2, 0.25) is 0 Å². The van der Waals surface area contributed by atoms with Crippen LogP contribution in [0, 0.1) is 5.82 Å². The number of benzene rings is 2. The maximum atomic E-state index is 13.2. The molecule has 0 saturated heterocycles. The summed E-state index contributed by atoms with van der Waals surface area (Å²) in [5, 5.41) is 0. The molecule has 1 aromatic heterocycles. The standard InChI is InChI=1S/C15H14FN3O3S/c16-11-6-7-14-13(10-11)18-15(20)19(14)9-8-17-23(21,22)12-4-2-1-3-5-12/h1-7,10,17H,8-9H2,(H,18,20). The fourth-order valence-electron chi connectivity index (χ4n) is 2.33. The van der Waals surface area contributed by atoms with Crippen molar-refractivity contribution < 1.29 is 12.8 Å². The van der Waals surface area contributed by atoms with Gasteiger partial charge in [0.25, 0.3) is 0 Å². The Morgan fingerprint density at radius 1 is 1.13 bits per heavy atom. The van der Waals surface area contributed by atoms with Crippen LogP contribution in [0.3, 0.4) is 0 Å². The van der Waals surface area contributed by atoms with Gasteiger partial charge in [-0.1, -0.05) is 18.2 Å². The van der Waals surface area contributed by atoms with Gasteiger partial charge in [-0.25, -0.2) is 22.3 Å². The number of aromatic amines is 1. The molecular formula is C15H14FN3O3S. The molecule has 6 nitrogen and oxygen atoms in total. The van der Waals surface area contributed by atoms with E-state index in [0.29, 0.717) is 11.0 Å². The number of hydrogen-bond donors (Lipinski definition) is 2. The first-order chi connectivity index (χ1) is 11.0. The van der Waals surface area contributed by atoms with E-state index >= 15 is 0 Å². The third-order valence-corrected chi connectivity index (χ3v) is 4.89. The van der Waals surface area contributed by atoms with E-state index in [2.05, 4.69) is 9.71 Å². The molecule has 0 amide bonds. The Morgan fingerprint density at radius 2 is 1.87 bits per heavy atom. The number of sulfonamides is 1. The number of rotatable bonds is 5. The predicted octanol–water partition coefficient (Wildman–Crippen LogP) is 1.45. The van der Waals surface area contributed by atoms with E-state index in [-0.39, 0.29) is 18.0 Å². The number of aromatic nitrogens is 2. The number of H-pyrrole nitrogens is 1. The fraction of sp³-hybridized carbons (Fsp3) is 0.133. The zero-order valence-electron chi connectivity index (χ0n) is 12.0. The normalized spacial score (nSPS) is 11.9. The van der Waals surface area contributed by atoms with Gasteiger partial charge < -0.3 is 4.98 Å². The summed E-state index contributed by atoms with van der Waals surface area (Å²) < 4.78 is 41.2. The second kappa shape index (κ2) is 5.98. The minimum atomic E-state index is -3.62. The highest BCUT2D eigenvalue weighted by molar-refractivity contribution is 7.89. The molecule has 2 N–H and O–H groups in total. The Balaban J connectivity index is 1.77. The van der Waals surface area contributed by atoms with Gasteiger partial charge in [0.1, 0.15) is 5.82 Å². The Labute approximate surface area is 131 Å². The summed E-state index contributed by atoms with van der Waals surface area (Å²) in [6, 6.07) is 11.9. The number of fused-ring (bicyclic) bond motifs is 1. The first-order valence-corrected chi connectivity index (χ1v) is 8.38. The van der Waals surface area contributed by atoms with E-state index in [4.69, 9.17) is 0 Å². The average molecular weight is 335 g/mol. The molecule has 0 bridgehead atoms. The fourth-order valence-corrected chi connectivity index (χ4v) is 3.37. The van der Waals surface area contributed by atoms with Gasteiger partial charge in [-0.2, -0.15) is 0 Å². The lowest BCUT2D eigenvalue weighted by molar-refractivity contribution is 0.572. The smallest absolute Gasteiger partial charge is 0.305 e. The number of nitrogens with one attached hydrogen (secondary N) is 2. The molecule has 0 unspecified atom stereocenters. The van der Waals surface area contributed by atoms with E-state index in [1.54, 1.807) is 18.2 Å². The van der Waals surface area contributed by atoms with Crippen molar-refractivity contribution in [1.29, 1.82) is 0 Å². The molecule has 0 fully saturated rings. The number of nitrogens with zero attached hydrogens (tertiary/aromatic N) is 1. The zero-order valence-corrected chi connectivity index (χ0v) is 12.8. The lowest BCUT2D eigenvalue weighted by Gasteiger charge is -2.07. The summed E-state index contributed by atoms with van der Waals surface area (Å²) in [6.07, 6.45) is 0. The van der Waals surface area contributed by atoms with Crippen LogP contribution in [-0.4, -0.2) is 24.5 Å². The van der Waals surface area contributed by atoms with Crippen LogP contribution < -0.4 is 10.4 Å². The summed E-state index contributed by atoms with van der Waals surface area (Å²) >= 11 is 0. The van der Waals surface area contributed by atoms with Gasteiger partial charge in [-0.3, -0.25) is 4.57 Å². The molecule has 3 rings (SSSR count). The zero-order chi connectivity index (χ0) is 16.4. The van der Waals surface area contributed by atoms with Crippen molar-refractivity contribution >= 4 is 21.1 Å². The molecule has 0 aliphatic carbocycles. The van der Waals surface area contributed by atoms with E-state index in [1.165, 1.54) is 34.9 Å². The molecule has 8 heteroatoms.